The van der Waals surface area contributed by atoms with Crippen LogP contribution in [0.1, 0.15) is 41.0 Å². The van der Waals surface area contributed by atoms with Gasteiger partial charge in [-0.05, 0) is 75.2 Å². The largest absolute Gasteiger partial charge is 0.496 e. The number of benzene rings is 3. The molecule has 1 aromatic heterocycles. The Morgan fingerprint density at radius 2 is 1.77 bits per heavy atom. The number of anilines is 2. The number of nitro groups is 1. The molecule has 226 valence electrons. The van der Waals surface area contributed by atoms with Gasteiger partial charge in [0.25, 0.3) is 11.6 Å². The SMILES string of the molecule is COc1cc(OC(=O)c2ccc(C)nc2)ccc1-c1ccc2c(c1COc1cc([N+](=O)[O-])ccc1C)N(C)C(=O)C(C)(C)N2. The number of hydrogen-bond acceptors (Lipinski definition) is 9. The van der Waals surface area contributed by atoms with Crippen molar-refractivity contribution in [2.75, 3.05) is 24.4 Å². The van der Waals surface area contributed by atoms with E-state index in [4.69, 9.17) is 14.2 Å². The number of ether oxygens (including phenoxy) is 3. The Hall–Kier alpha value is -5.45. The lowest BCUT2D eigenvalue weighted by Crippen LogP contribution is -2.52. The quantitative estimate of drug-likeness (QED) is 0.108. The number of likely N-dealkylation sites (N-methyl/N-ethyl adjacent to an activating group) is 1. The standard InChI is InChI=1S/C33H32N4O7/c1-19-7-10-22(37(40)41)15-28(19)43-18-26-24(13-14-27-30(26)36(5)32(39)33(3,4)35-27)25-12-11-23(16-29(25)42-6)44-31(38)21-9-8-20(2)34-17-21/h7-17,35H,18H2,1-6H3. The first-order valence-electron chi connectivity index (χ1n) is 13.8. The molecule has 5 rings (SSSR count). The van der Waals surface area contributed by atoms with Gasteiger partial charge in [0.15, 0.2) is 0 Å². The molecule has 2 heterocycles. The number of rotatable bonds is 8. The van der Waals surface area contributed by atoms with Crippen molar-refractivity contribution in [1.29, 1.82) is 0 Å². The van der Waals surface area contributed by atoms with Gasteiger partial charge in [-0.2, -0.15) is 0 Å². The normalized spacial score (nSPS) is 13.5. The molecule has 11 heteroatoms. The fourth-order valence-electron chi connectivity index (χ4n) is 5.15. The number of nitrogens with zero attached hydrogens (tertiary/aromatic N) is 3. The summed E-state index contributed by atoms with van der Waals surface area (Å²) in [5, 5.41) is 14.7. The van der Waals surface area contributed by atoms with Gasteiger partial charge in [-0.25, -0.2) is 4.79 Å². The van der Waals surface area contributed by atoms with Crippen molar-refractivity contribution in [3.05, 3.63) is 99.4 Å². The summed E-state index contributed by atoms with van der Waals surface area (Å²) >= 11 is 0. The Morgan fingerprint density at radius 1 is 1.02 bits per heavy atom. The zero-order chi connectivity index (χ0) is 31.8. The second-order valence-electron chi connectivity index (χ2n) is 11.0. The summed E-state index contributed by atoms with van der Waals surface area (Å²) in [6.07, 6.45) is 1.46. The van der Waals surface area contributed by atoms with Crippen LogP contribution < -0.4 is 24.4 Å². The van der Waals surface area contributed by atoms with Crippen molar-refractivity contribution in [3.8, 4) is 28.4 Å². The molecule has 0 aliphatic carbocycles. The van der Waals surface area contributed by atoms with Gasteiger partial charge in [-0.1, -0.05) is 6.07 Å². The Labute approximate surface area is 254 Å². The molecule has 0 radical (unpaired) electrons. The minimum atomic E-state index is -0.839. The maximum absolute atomic E-state index is 13.3. The van der Waals surface area contributed by atoms with Gasteiger partial charge in [0.1, 0.15) is 29.4 Å². The fourth-order valence-corrected chi connectivity index (χ4v) is 5.15. The summed E-state index contributed by atoms with van der Waals surface area (Å²) < 4.78 is 17.5. The molecule has 0 atom stereocenters. The second-order valence-corrected chi connectivity index (χ2v) is 11.0. The highest BCUT2D eigenvalue weighted by Gasteiger charge is 2.39. The third kappa shape index (κ3) is 5.76. The number of hydrogen-bond donors (Lipinski definition) is 1. The van der Waals surface area contributed by atoms with Crippen LogP contribution in [0.5, 0.6) is 17.2 Å². The van der Waals surface area contributed by atoms with Gasteiger partial charge in [0.2, 0.25) is 0 Å². The zero-order valence-electron chi connectivity index (χ0n) is 25.3. The minimum Gasteiger partial charge on any atom is -0.496 e. The molecule has 44 heavy (non-hydrogen) atoms. The lowest BCUT2D eigenvalue weighted by molar-refractivity contribution is -0.385. The van der Waals surface area contributed by atoms with E-state index in [1.165, 1.54) is 25.4 Å². The molecule has 4 aromatic rings. The van der Waals surface area contributed by atoms with Crippen LogP contribution in [-0.2, 0) is 11.4 Å². The van der Waals surface area contributed by atoms with Gasteiger partial charge in [-0.3, -0.25) is 19.9 Å². The van der Waals surface area contributed by atoms with Crippen molar-refractivity contribution in [3.63, 3.8) is 0 Å². The number of amides is 1. The van der Waals surface area contributed by atoms with Crippen LogP contribution in [0.2, 0.25) is 0 Å². The van der Waals surface area contributed by atoms with E-state index in [0.29, 0.717) is 39.4 Å². The number of esters is 1. The first-order chi connectivity index (χ1) is 20.9. The fraction of sp³-hybridized carbons (Fsp3) is 0.242. The summed E-state index contributed by atoms with van der Waals surface area (Å²) in [7, 11) is 3.21. The van der Waals surface area contributed by atoms with E-state index in [1.54, 1.807) is 69.1 Å². The molecule has 0 spiro atoms. The Morgan fingerprint density at radius 3 is 2.45 bits per heavy atom. The van der Waals surface area contributed by atoms with Crippen LogP contribution >= 0.6 is 0 Å². The highest BCUT2D eigenvalue weighted by molar-refractivity contribution is 6.08. The number of pyridine rings is 1. The van der Waals surface area contributed by atoms with Gasteiger partial charge >= 0.3 is 5.97 Å². The molecule has 11 nitrogen and oxygen atoms in total. The number of non-ortho nitro benzene ring substituents is 1. The van der Waals surface area contributed by atoms with E-state index in [9.17, 15) is 19.7 Å². The lowest BCUT2D eigenvalue weighted by Gasteiger charge is -2.39. The molecular formula is C33H32N4O7. The predicted molar refractivity (Wildman–Crippen MR) is 166 cm³/mol. The summed E-state index contributed by atoms with van der Waals surface area (Å²) in [6, 6.07) is 16.6. The number of aromatic nitrogens is 1. The van der Waals surface area contributed by atoms with Crippen molar-refractivity contribution in [2.24, 2.45) is 0 Å². The lowest BCUT2D eigenvalue weighted by atomic mass is 9.91. The van der Waals surface area contributed by atoms with Gasteiger partial charge < -0.3 is 24.4 Å². The molecule has 1 amide bonds. The van der Waals surface area contributed by atoms with E-state index in [1.807, 2.05) is 19.1 Å². The van der Waals surface area contributed by atoms with Gasteiger partial charge in [0.05, 0.1) is 35.0 Å². The average molecular weight is 597 g/mol. The van der Waals surface area contributed by atoms with Crippen LogP contribution in [0.25, 0.3) is 11.1 Å². The molecule has 0 fully saturated rings. The number of methoxy groups -OCH3 is 1. The van der Waals surface area contributed by atoms with Crippen molar-refractivity contribution in [1.82, 2.24) is 4.98 Å². The first-order valence-corrected chi connectivity index (χ1v) is 13.8. The van der Waals surface area contributed by atoms with E-state index in [2.05, 4.69) is 10.3 Å². The number of carbonyl (C=O) groups is 2. The smallest absolute Gasteiger partial charge is 0.345 e. The predicted octanol–water partition coefficient (Wildman–Crippen LogP) is 6.25. The third-order valence-electron chi connectivity index (χ3n) is 7.48. The van der Waals surface area contributed by atoms with E-state index < -0.39 is 16.4 Å². The van der Waals surface area contributed by atoms with Gasteiger partial charge in [-0.15, -0.1) is 0 Å². The second kappa shape index (κ2) is 11.7. The van der Waals surface area contributed by atoms with E-state index in [-0.39, 0.29) is 24.0 Å². The van der Waals surface area contributed by atoms with Crippen molar-refractivity contribution >= 4 is 28.9 Å². The Bertz CT molecular complexity index is 1780. The van der Waals surface area contributed by atoms with Crippen LogP contribution in [0.15, 0.2) is 66.9 Å². The van der Waals surface area contributed by atoms with E-state index >= 15 is 0 Å². The van der Waals surface area contributed by atoms with Crippen LogP contribution in [0.3, 0.4) is 0 Å². The van der Waals surface area contributed by atoms with Crippen molar-refractivity contribution in [2.45, 2.75) is 39.8 Å². The maximum atomic E-state index is 13.3. The number of carbonyl (C=O) groups excluding carboxylic acids is 2. The average Bonchev–Trinajstić information content (AvgIpc) is 2.99. The van der Waals surface area contributed by atoms with Crippen LogP contribution in [-0.4, -0.2) is 41.5 Å². The Kier molecular flexibility index (Phi) is 7.97. The molecule has 0 saturated heterocycles. The zero-order valence-corrected chi connectivity index (χ0v) is 25.3. The molecule has 0 saturated carbocycles. The molecular weight excluding hydrogens is 564 g/mol. The Balaban J connectivity index is 1.57. The number of fused-ring (bicyclic) bond motifs is 1. The monoisotopic (exact) mass is 596 g/mol. The molecule has 1 aliphatic rings. The molecule has 1 N–H and O–H groups in total. The van der Waals surface area contributed by atoms with Crippen molar-refractivity contribution < 1.29 is 28.7 Å². The third-order valence-corrected chi connectivity index (χ3v) is 7.48. The minimum absolute atomic E-state index is 0.0133. The highest BCUT2D eigenvalue weighted by Crippen LogP contribution is 2.45. The molecule has 0 unspecified atom stereocenters. The topological polar surface area (TPSA) is 133 Å². The molecule has 3 aromatic carbocycles. The molecule has 0 bridgehead atoms. The van der Waals surface area contributed by atoms with Crippen LogP contribution in [0, 0.1) is 24.0 Å². The highest BCUT2D eigenvalue weighted by atomic mass is 16.6. The molecule has 1 aliphatic heterocycles. The first kappa shape index (κ1) is 30.0. The number of nitro benzene ring substituents is 1. The number of nitrogens with one attached hydrogen (secondary N) is 1. The van der Waals surface area contributed by atoms with Crippen LogP contribution in [0.4, 0.5) is 17.1 Å². The summed E-state index contributed by atoms with van der Waals surface area (Å²) in [6.45, 7) is 7.23. The number of aryl methyl sites for hydroxylation is 2. The van der Waals surface area contributed by atoms with E-state index in [0.717, 1.165) is 16.9 Å². The maximum Gasteiger partial charge on any atom is 0.345 e. The van der Waals surface area contributed by atoms with Gasteiger partial charge in [0, 0.05) is 42.2 Å². The summed E-state index contributed by atoms with van der Waals surface area (Å²) in [4.78, 5) is 42.7. The summed E-state index contributed by atoms with van der Waals surface area (Å²) in [5.74, 6) is 0.338. The summed E-state index contributed by atoms with van der Waals surface area (Å²) in [5.41, 5.74) is 4.23.